The third-order valence-corrected chi connectivity index (χ3v) is 8.50. The molecular weight excluding hydrogens is 564 g/mol. The van der Waals surface area contributed by atoms with Gasteiger partial charge in [-0.25, -0.2) is 4.98 Å². The van der Waals surface area contributed by atoms with E-state index in [2.05, 4.69) is 27.2 Å². The van der Waals surface area contributed by atoms with Gasteiger partial charge >= 0.3 is 0 Å². The normalized spacial score (nSPS) is 15.3. The van der Waals surface area contributed by atoms with E-state index >= 15 is 0 Å². The second-order valence-electron chi connectivity index (χ2n) is 11.4. The maximum absolute atomic E-state index is 13.0. The highest BCUT2D eigenvalue weighted by Crippen LogP contribution is 2.39. The number of carbonyl (C=O) groups is 1. The second kappa shape index (κ2) is 11.3. The van der Waals surface area contributed by atoms with Crippen LogP contribution in [0.5, 0.6) is 23.1 Å². The van der Waals surface area contributed by atoms with Crippen LogP contribution in [-0.4, -0.2) is 75.4 Å². The number of fused-ring (bicyclic) bond motifs is 3. The average Bonchev–Trinajstić information content (AvgIpc) is 3.74. The van der Waals surface area contributed by atoms with Gasteiger partial charge in [0, 0.05) is 35.3 Å². The number of Topliss-reactive ketones (excluding diaryl/α,β-unsaturated/α-hetero) is 1. The van der Waals surface area contributed by atoms with Crippen LogP contribution in [0.3, 0.4) is 0 Å². The van der Waals surface area contributed by atoms with E-state index in [1.54, 1.807) is 12.1 Å². The highest BCUT2D eigenvalue weighted by Gasteiger charge is 2.23. The summed E-state index contributed by atoms with van der Waals surface area (Å²) in [4.78, 5) is 38.8. The lowest BCUT2D eigenvalue weighted by Gasteiger charge is -2.30. The first-order chi connectivity index (χ1) is 21.4. The van der Waals surface area contributed by atoms with Gasteiger partial charge in [-0.1, -0.05) is 6.92 Å². The van der Waals surface area contributed by atoms with Gasteiger partial charge < -0.3 is 44.1 Å². The number of carbonyl (C=O) groups excluding carboxylic acids is 1. The van der Waals surface area contributed by atoms with Crippen LogP contribution in [0.15, 0.2) is 47.5 Å². The summed E-state index contributed by atoms with van der Waals surface area (Å²) >= 11 is 0. The zero-order valence-electron chi connectivity index (χ0n) is 24.6. The molecule has 0 spiro atoms. The van der Waals surface area contributed by atoms with E-state index in [0.29, 0.717) is 46.1 Å². The molecule has 2 aromatic carbocycles. The predicted octanol–water partition coefficient (Wildman–Crippen LogP) is 4.20. The topological polar surface area (TPSA) is 147 Å². The third-order valence-electron chi connectivity index (χ3n) is 8.50. The van der Waals surface area contributed by atoms with Crippen LogP contribution in [-0.2, 0) is 11.2 Å². The number of benzene rings is 2. The fourth-order valence-corrected chi connectivity index (χ4v) is 6.03. The van der Waals surface area contributed by atoms with Gasteiger partial charge in [-0.2, -0.15) is 0 Å². The number of pyridine rings is 1. The van der Waals surface area contributed by atoms with Gasteiger partial charge in [-0.3, -0.25) is 9.59 Å². The Morgan fingerprint density at radius 1 is 1.18 bits per heavy atom. The number of aromatic nitrogens is 4. The molecule has 0 aliphatic carbocycles. The molecule has 3 aromatic heterocycles. The zero-order valence-corrected chi connectivity index (χ0v) is 24.6. The largest absolute Gasteiger partial charge is 0.494 e. The van der Waals surface area contributed by atoms with E-state index in [0.717, 1.165) is 42.4 Å². The molecule has 0 unspecified atom stereocenters. The lowest BCUT2D eigenvalue weighted by atomic mass is 10.1. The van der Waals surface area contributed by atoms with E-state index in [4.69, 9.17) is 19.2 Å². The number of H-pyrrole nitrogens is 2. The minimum atomic E-state index is -0.354. The number of aromatic hydroxyl groups is 1. The lowest BCUT2D eigenvalue weighted by molar-refractivity contribution is -0.119. The minimum absolute atomic E-state index is 0.0540. The summed E-state index contributed by atoms with van der Waals surface area (Å²) < 4.78 is 18.7. The van der Waals surface area contributed by atoms with Crippen LogP contribution in [0.4, 0.5) is 5.69 Å². The standard InChI is InChI=1S/C32H34N6O6/c1-3-18-11-27-28(44-17-43-27)13-26(18)42-16-21(39)14-34-23-4-7-33-31(40)29(23)30-35-24-10-19-15-38(20-5-8-37(2)9-6-20)32(41)22(19)12-25(24)36-30/h4,7,10-13,15,20,41H,3,5-6,8-9,14,16-17H2,1-2H3,(H,35,36)(H2,33,34,40). The molecule has 228 valence electrons. The van der Waals surface area contributed by atoms with Gasteiger partial charge in [0.1, 0.15) is 23.7 Å². The van der Waals surface area contributed by atoms with E-state index in [9.17, 15) is 14.7 Å². The molecule has 0 radical (unpaired) electrons. The highest BCUT2D eigenvalue weighted by atomic mass is 16.7. The van der Waals surface area contributed by atoms with Crippen molar-refractivity contribution in [1.82, 2.24) is 24.4 Å². The van der Waals surface area contributed by atoms with E-state index < -0.39 is 0 Å². The van der Waals surface area contributed by atoms with E-state index in [1.165, 1.54) is 6.20 Å². The fourth-order valence-electron chi connectivity index (χ4n) is 6.03. The summed E-state index contributed by atoms with van der Waals surface area (Å²) in [5.41, 5.74) is 2.67. The summed E-state index contributed by atoms with van der Waals surface area (Å²) in [6, 6.07) is 9.34. The molecule has 5 heterocycles. The molecule has 2 aliphatic heterocycles. The quantitative estimate of drug-likeness (QED) is 0.196. The summed E-state index contributed by atoms with van der Waals surface area (Å²) in [5.74, 6) is 2.22. The number of imidazole rings is 1. The molecule has 1 fully saturated rings. The molecule has 0 amide bonds. The number of hydrogen-bond acceptors (Lipinski definition) is 9. The molecule has 5 aromatic rings. The number of nitrogens with zero attached hydrogens (tertiary/aromatic N) is 3. The fraction of sp³-hybridized carbons (Fsp3) is 0.344. The zero-order chi connectivity index (χ0) is 30.4. The molecule has 7 rings (SSSR count). The SMILES string of the molecule is CCc1cc2c(cc1OCC(=O)CNc1cc[nH]c(=O)c1-c1nc3cc4c(O)n(C5CCN(C)CC5)cc4cc3[nH]1)OCO2. The molecule has 0 bridgehead atoms. The Morgan fingerprint density at radius 2 is 1.98 bits per heavy atom. The molecule has 0 saturated carbocycles. The first-order valence-electron chi connectivity index (χ1n) is 14.8. The molecule has 2 aliphatic rings. The third kappa shape index (κ3) is 5.11. The van der Waals surface area contributed by atoms with Crippen LogP contribution >= 0.6 is 0 Å². The van der Waals surface area contributed by atoms with Gasteiger partial charge in [-0.05, 0) is 69.2 Å². The summed E-state index contributed by atoms with van der Waals surface area (Å²) in [6.45, 7) is 3.93. The van der Waals surface area contributed by atoms with Gasteiger partial charge in [0.2, 0.25) is 6.79 Å². The van der Waals surface area contributed by atoms with Gasteiger partial charge in [0.25, 0.3) is 5.56 Å². The number of anilines is 1. The number of hydrogen-bond donors (Lipinski definition) is 4. The van der Waals surface area contributed by atoms with Crippen LogP contribution in [0.1, 0.15) is 31.4 Å². The number of rotatable bonds is 9. The maximum Gasteiger partial charge on any atom is 0.261 e. The van der Waals surface area contributed by atoms with Crippen LogP contribution in [0.2, 0.25) is 0 Å². The number of nitrogens with one attached hydrogen (secondary N) is 3. The number of aryl methyl sites for hydroxylation is 1. The van der Waals surface area contributed by atoms with Gasteiger partial charge in [0.05, 0.1) is 23.3 Å². The average molecular weight is 599 g/mol. The van der Waals surface area contributed by atoms with Crippen molar-refractivity contribution in [1.29, 1.82) is 0 Å². The van der Waals surface area contributed by atoms with Crippen LogP contribution < -0.4 is 25.1 Å². The smallest absolute Gasteiger partial charge is 0.261 e. The number of aromatic amines is 2. The van der Waals surface area contributed by atoms with Crippen molar-refractivity contribution in [3.63, 3.8) is 0 Å². The molecule has 44 heavy (non-hydrogen) atoms. The molecule has 1 saturated heterocycles. The van der Waals surface area contributed by atoms with Gasteiger partial charge in [0.15, 0.2) is 23.2 Å². The Kier molecular flexibility index (Phi) is 7.13. The van der Waals surface area contributed by atoms with E-state index in [-0.39, 0.29) is 48.8 Å². The Morgan fingerprint density at radius 3 is 2.77 bits per heavy atom. The van der Waals surface area contributed by atoms with Crippen LogP contribution in [0.25, 0.3) is 33.2 Å². The summed E-state index contributed by atoms with van der Waals surface area (Å²) in [7, 11) is 2.11. The molecule has 12 heteroatoms. The van der Waals surface area contributed by atoms with Crippen LogP contribution in [0, 0.1) is 0 Å². The maximum atomic E-state index is 13.0. The highest BCUT2D eigenvalue weighted by molar-refractivity contribution is 5.99. The van der Waals surface area contributed by atoms with Crippen molar-refractivity contribution in [2.75, 3.05) is 45.4 Å². The van der Waals surface area contributed by atoms with Crippen molar-refractivity contribution in [2.24, 2.45) is 0 Å². The first-order valence-corrected chi connectivity index (χ1v) is 14.8. The number of ether oxygens (including phenoxy) is 3. The number of likely N-dealkylation sites (tertiary alicyclic amines) is 1. The molecule has 4 N–H and O–H groups in total. The molecule has 12 nitrogen and oxygen atoms in total. The van der Waals surface area contributed by atoms with Crippen molar-refractivity contribution >= 4 is 33.3 Å². The summed E-state index contributed by atoms with van der Waals surface area (Å²) in [6.07, 6.45) is 6.17. The van der Waals surface area contributed by atoms with Crippen molar-refractivity contribution in [2.45, 2.75) is 32.2 Å². The molecule has 0 atom stereocenters. The first kappa shape index (κ1) is 27.8. The van der Waals surface area contributed by atoms with Crippen molar-refractivity contribution < 1.29 is 24.1 Å². The second-order valence-corrected chi connectivity index (χ2v) is 11.4. The minimum Gasteiger partial charge on any atom is -0.494 e. The summed E-state index contributed by atoms with van der Waals surface area (Å²) in [5, 5.41) is 15.8. The van der Waals surface area contributed by atoms with E-state index in [1.807, 2.05) is 35.9 Å². The Bertz CT molecular complexity index is 1930. The van der Waals surface area contributed by atoms with Gasteiger partial charge in [-0.15, -0.1) is 0 Å². The van der Waals surface area contributed by atoms with Crippen molar-refractivity contribution in [3.8, 4) is 34.5 Å². The number of ketones is 1. The predicted molar refractivity (Wildman–Crippen MR) is 166 cm³/mol. The lowest BCUT2D eigenvalue weighted by Crippen LogP contribution is -2.31. The molecular formula is C32H34N6O6. The Labute approximate surface area is 252 Å². The monoisotopic (exact) mass is 598 g/mol. The van der Waals surface area contributed by atoms with Crippen molar-refractivity contribution in [3.05, 3.63) is 58.6 Å². The Hall–Kier alpha value is -4.97. The Balaban J connectivity index is 1.09. The number of piperidine rings is 1.